The van der Waals surface area contributed by atoms with E-state index >= 15 is 0 Å². The minimum atomic E-state index is -0.585. The highest BCUT2D eigenvalue weighted by Gasteiger charge is 2.26. The quantitative estimate of drug-likeness (QED) is 0.814. The third-order valence-corrected chi connectivity index (χ3v) is 3.74. The molecule has 1 aromatic carbocycles. The second kappa shape index (κ2) is 6.44. The molecule has 0 spiro atoms. The first-order valence-electron chi connectivity index (χ1n) is 7.67. The van der Waals surface area contributed by atoms with Crippen LogP contribution >= 0.6 is 0 Å². The van der Waals surface area contributed by atoms with Crippen LogP contribution in [-0.2, 0) is 23.0 Å². The largest absolute Gasteiger partial charge is 0.444 e. The van der Waals surface area contributed by atoms with Gasteiger partial charge < -0.3 is 19.0 Å². The number of aryl methyl sites for hydroxylation is 1. The maximum Gasteiger partial charge on any atom is 0.410 e. The number of hydrogen-bond donors (Lipinski definition) is 0. The number of benzene rings is 1. The zero-order valence-electron chi connectivity index (χ0n) is 14.4. The average molecular weight is 316 g/mol. The normalized spacial score (nSPS) is 12.9. The van der Waals surface area contributed by atoms with Crippen molar-refractivity contribution >= 4 is 23.3 Å². The van der Waals surface area contributed by atoms with Crippen LogP contribution in [0.4, 0.5) is 4.79 Å². The first kappa shape index (κ1) is 17.1. The summed E-state index contributed by atoms with van der Waals surface area (Å²) in [6.45, 7) is 5.41. The van der Waals surface area contributed by atoms with Gasteiger partial charge in [0.2, 0.25) is 0 Å². The van der Waals surface area contributed by atoms with E-state index in [9.17, 15) is 9.59 Å². The van der Waals surface area contributed by atoms with Gasteiger partial charge in [-0.2, -0.15) is 0 Å². The van der Waals surface area contributed by atoms with Crippen molar-refractivity contribution < 1.29 is 14.3 Å². The molecule has 0 saturated heterocycles. The van der Waals surface area contributed by atoms with Crippen LogP contribution in [0.5, 0.6) is 0 Å². The summed E-state index contributed by atoms with van der Waals surface area (Å²) >= 11 is 0. The molecule has 2 rings (SSSR count). The predicted octanol–water partition coefficient (Wildman–Crippen LogP) is 3.16. The average Bonchev–Trinajstić information content (AvgIpc) is 2.79. The summed E-state index contributed by atoms with van der Waals surface area (Å²) in [6.07, 6.45) is 2.77. The maximum absolute atomic E-state index is 12.2. The van der Waals surface area contributed by atoms with Gasteiger partial charge in [-0.15, -0.1) is 0 Å². The monoisotopic (exact) mass is 316 g/mol. The number of rotatable bonds is 4. The van der Waals surface area contributed by atoms with Gasteiger partial charge in [-0.1, -0.05) is 18.2 Å². The molecule has 0 aliphatic carbocycles. The smallest absolute Gasteiger partial charge is 0.410 e. The topological polar surface area (TPSA) is 51.5 Å². The molecule has 1 heterocycles. The Kier molecular flexibility index (Phi) is 4.78. The first-order valence-corrected chi connectivity index (χ1v) is 7.67. The SMILES string of the molecule is CN(C(=O)OC(C)(C)C)C(C=O)Cc1cn(C)c2ccccc12. The molecule has 5 nitrogen and oxygen atoms in total. The van der Waals surface area contributed by atoms with Gasteiger partial charge in [-0.3, -0.25) is 0 Å². The van der Waals surface area contributed by atoms with E-state index < -0.39 is 17.7 Å². The maximum atomic E-state index is 12.2. The first-order chi connectivity index (χ1) is 10.7. The molecule has 124 valence electrons. The Bertz CT molecular complexity index is 713. The van der Waals surface area contributed by atoms with Crippen LogP contribution < -0.4 is 0 Å². The summed E-state index contributed by atoms with van der Waals surface area (Å²) in [4.78, 5) is 25.0. The molecule has 0 N–H and O–H groups in total. The fraction of sp³-hybridized carbons (Fsp3) is 0.444. The lowest BCUT2D eigenvalue weighted by Crippen LogP contribution is -2.42. The van der Waals surface area contributed by atoms with Crippen molar-refractivity contribution in [2.45, 2.75) is 38.8 Å². The Morgan fingerprint density at radius 2 is 2.00 bits per heavy atom. The van der Waals surface area contributed by atoms with Crippen molar-refractivity contribution in [2.24, 2.45) is 7.05 Å². The molecule has 0 aliphatic heterocycles. The lowest BCUT2D eigenvalue weighted by Gasteiger charge is -2.28. The van der Waals surface area contributed by atoms with E-state index in [-0.39, 0.29) is 0 Å². The molecular weight excluding hydrogens is 292 g/mol. The molecule has 23 heavy (non-hydrogen) atoms. The van der Waals surface area contributed by atoms with Crippen molar-refractivity contribution in [1.82, 2.24) is 9.47 Å². The van der Waals surface area contributed by atoms with E-state index in [1.54, 1.807) is 27.8 Å². The van der Waals surface area contributed by atoms with Crippen LogP contribution in [0.25, 0.3) is 10.9 Å². The number of nitrogens with zero attached hydrogens (tertiary/aromatic N) is 2. The summed E-state index contributed by atoms with van der Waals surface area (Å²) in [6, 6.07) is 7.46. The van der Waals surface area contributed by atoms with Crippen molar-refractivity contribution in [3.8, 4) is 0 Å². The van der Waals surface area contributed by atoms with Crippen molar-refractivity contribution in [1.29, 1.82) is 0 Å². The number of ether oxygens (including phenoxy) is 1. The third kappa shape index (κ3) is 3.92. The minimum Gasteiger partial charge on any atom is -0.444 e. The molecule has 2 aromatic rings. The molecule has 1 unspecified atom stereocenters. The van der Waals surface area contributed by atoms with E-state index in [1.165, 1.54) is 4.90 Å². The van der Waals surface area contributed by atoms with Crippen molar-refractivity contribution in [2.75, 3.05) is 7.05 Å². The van der Waals surface area contributed by atoms with E-state index in [1.807, 2.05) is 42.1 Å². The van der Waals surface area contributed by atoms with Gasteiger partial charge >= 0.3 is 6.09 Å². The standard InChI is InChI=1S/C18H24N2O3/c1-18(2,3)23-17(22)20(5)14(12-21)10-13-11-19(4)16-9-7-6-8-15(13)16/h6-9,11-12,14H,10H2,1-5H3. The lowest BCUT2D eigenvalue weighted by atomic mass is 10.1. The number of fused-ring (bicyclic) bond motifs is 1. The highest BCUT2D eigenvalue weighted by molar-refractivity contribution is 5.84. The molecule has 1 amide bonds. The minimum absolute atomic E-state index is 0.459. The van der Waals surface area contributed by atoms with E-state index in [0.717, 1.165) is 22.8 Å². The van der Waals surface area contributed by atoms with Crippen molar-refractivity contribution in [3.63, 3.8) is 0 Å². The molecule has 1 aromatic heterocycles. The van der Waals surface area contributed by atoms with Gasteiger partial charge in [0.05, 0.1) is 6.04 Å². The number of carbonyl (C=O) groups is 2. The summed E-state index contributed by atoms with van der Waals surface area (Å²) in [5.41, 5.74) is 1.56. The van der Waals surface area contributed by atoms with E-state index in [4.69, 9.17) is 4.74 Å². The summed E-state index contributed by atoms with van der Waals surface area (Å²) in [5, 5.41) is 1.10. The van der Waals surface area contributed by atoms with Crippen LogP contribution in [0.1, 0.15) is 26.3 Å². The second-order valence-electron chi connectivity index (χ2n) is 6.78. The Hall–Kier alpha value is -2.30. The number of aldehydes is 1. The molecule has 5 heteroatoms. The fourth-order valence-corrected chi connectivity index (χ4v) is 2.56. The molecule has 0 saturated carbocycles. The Morgan fingerprint density at radius 1 is 1.35 bits per heavy atom. The van der Waals surface area contributed by atoms with Crippen LogP contribution in [0.2, 0.25) is 0 Å². The van der Waals surface area contributed by atoms with Crippen LogP contribution in [-0.4, -0.2) is 40.5 Å². The van der Waals surface area contributed by atoms with Gasteiger partial charge in [-0.25, -0.2) is 4.79 Å². The second-order valence-corrected chi connectivity index (χ2v) is 6.78. The molecule has 0 radical (unpaired) electrons. The Balaban J connectivity index is 2.21. The highest BCUT2D eigenvalue weighted by atomic mass is 16.6. The molecule has 0 fully saturated rings. The van der Waals surface area contributed by atoms with Gasteiger partial charge in [0, 0.05) is 37.6 Å². The van der Waals surface area contributed by atoms with Crippen molar-refractivity contribution in [3.05, 3.63) is 36.0 Å². The fourth-order valence-electron chi connectivity index (χ4n) is 2.56. The van der Waals surface area contributed by atoms with Crippen LogP contribution in [0.15, 0.2) is 30.5 Å². The third-order valence-electron chi connectivity index (χ3n) is 3.74. The zero-order chi connectivity index (χ0) is 17.2. The number of amides is 1. The van der Waals surface area contributed by atoms with Crippen LogP contribution in [0, 0.1) is 0 Å². The van der Waals surface area contributed by atoms with E-state index in [0.29, 0.717) is 6.42 Å². The van der Waals surface area contributed by atoms with Gasteiger partial charge in [0.25, 0.3) is 0 Å². The highest BCUT2D eigenvalue weighted by Crippen LogP contribution is 2.22. The number of hydrogen-bond acceptors (Lipinski definition) is 3. The number of para-hydroxylation sites is 1. The number of carbonyl (C=O) groups excluding carboxylic acids is 2. The Labute approximate surface area is 136 Å². The van der Waals surface area contributed by atoms with Crippen LogP contribution in [0.3, 0.4) is 0 Å². The Morgan fingerprint density at radius 3 is 2.61 bits per heavy atom. The van der Waals surface area contributed by atoms with E-state index in [2.05, 4.69) is 0 Å². The zero-order valence-corrected chi connectivity index (χ0v) is 14.4. The predicted molar refractivity (Wildman–Crippen MR) is 90.5 cm³/mol. The molecule has 0 bridgehead atoms. The van der Waals surface area contributed by atoms with Gasteiger partial charge in [0.1, 0.15) is 11.9 Å². The summed E-state index contributed by atoms with van der Waals surface area (Å²) in [5.74, 6) is 0. The lowest BCUT2D eigenvalue weighted by molar-refractivity contribution is -0.112. The number of aromatic nitrogens is 1. The van der Waals surface area contributed by atoms with Gasteiger partial charge in [-0.05, 0) is 32.4 Å². The summed E-state index contributed by atoms with van der Waals surface area (Å²) < 4.78 is 7.36. The number of likely N-dealkylation sites (N-methyl/N-ethyl adjacent to an activating group) is 1. The molecular formula is C18H24N2O3. The van der Waals surface area contributed by atoms with Gasteiger partial charge in [0.15, 0.2) is 0 Å². The summed E-state index contributed by atoms with van der Waals surface area (Å²) in [7, 11) is 3.57. The molecule has 0 aliphatic rings. The molecule has 1 atom stereocenters.